The lowest BCUT2D eigenvalue weighted by Gasteiger charge is -2.42. The van der Waals surface area contributed by atoms with Gasteiger partial charge in [-0.2, -0.15) is 10.1 Å². The Bertz CT molecular complexity index is 1540. The van der Waals surface area contributed by atoms with E-state index in [4.69, 9.17) is 33.9 Å². The fourth-order valence-electron chi connectivity index (χ4n) is 6.57. The van der Waals surface area contributed by atoms with Crippen LogP contribution in [0, 0.1) is 5.41 Å². The Morgan fingerprint density at radius 1 is 1.03 bits per heavy atom. The van der Waals surface area contributed by atoms with Crippen LogP contribution in [0.2, 0.25) is 0 Å². The molecule has 4 N–H and O–H groups in total. The number of rotatable bonds is 3. The maximum atomic E-state index is 13.4. The minimum absolute atomic E-state index is 0.0413. The molecule has 0 radical (unpaired) electrons. The zero-order chi connectivity index (χ0) is 24.7. The van der Waals surface area contributed by atoms with E-state index in [1.807, 2.05) is 30.3 Å². The van der Waals surface area contributed by atoms with E-state index in [2.05, 4.69) is 44.3 Å². The Kier molecular flexibility index (Phi) is 4.70. The molecule has 2 atom stereocenters. The zero-order valence-electron chi connectivity index (χ0n) is 19.6. The van der Waals surface area contributed by atoms with Gasteiger partial charge in [-0.05, 0) is 47.8 Å². The van der Waals surface area contributed by atoms with Crippen LogP contribution in [0.1, 0.15) is 47.7 Å². The number of alkyl halides is 2. The number of nitrogens with one attached hydrogen (secondary N) is 2. The molecule has 2 aromatic carbocycles. The number of nitrogens with two attached hydrogens (primary N) is 1. The Morgan fingerprint density at radius 2 is 1.72 bits per heavy atom. The summed E-state index contributed by atoms with van der Waals surface area (Å²) in [5.74, 6) is 0.550. The first-order valence-corrected chi connectivity index (χ1v) is 13.1. The van der Waals surface area contributed by atoms with Crippen LogP contribution < -0.4 is 16.2 Å². The SMILES string of the molecule is N[C@@H]1c2ccccc2CC12CCN(c1nc3[nH]nc(C4(c5ccccc5)CC4(Cl)Cl)c3c(=O)[nH]1)CC2. The summed E-state index contributed by atoms with van der Waals surface area (Å²) in [6, 6.07) is 18.3. The maximum Gasteiger partial charge on any atom is 0.263 e. The van der Waals surface area contributed by atoms with Crippen molar-refractivity contribution in [2.24, 2.45) is 11.1 Å². The van der Waals surface area contributed by atoms with E-state index >= 15 is 0 Å². The Morgan fingerprint density at radius 3 is 2.42 bits per heavy atom. The van der Waals surface area contributed by atoms with Crippen molar-refractivity contribution in [2.75, 3.05) is 18.0 Å². The normalized spacial score (nSPS) is 25.9. The molecule has 1 saturated heterocycles. The van der Waals surface area contributed by atoms with Crippen LogP contribution in [-0.2, 0) is 11.8 Å². The molecule has 4 aromatic rings. The van der Waals surface area contributed by atoms with Crippen LogP contribution in [0.4, 0.5) is 5.95 Å². The molecule has 3 aliphatic rings. The van der Waals surface area contributed by atoms with Crippen molar-refractivity contribution in [1.82, 2.24) is 20.2 Å². The fourth-order valence-corrected chi connectivity index (χ4v) is 7.37. The number of piperidine rings is 1. The number of halogens is 2. The molecule has 2 aromatic heterocycles. The quantitative estimate of drug-likeness (QED) is 0.348. The van der Waals surface area contributed by atoms with Gasteiger partial charge in [0, 0.05) is 19.1 Å². The van der Waals surface area contributed by atoms with Crippen molar-refractivity contribution >= 4 is 40.2 Å². The molecule has 7 rings (SSSR count). The van der Waals surface area contributed by atoms with Crippen LogP contribution in [-0.4, -0.2) is 37.6 Å². The molecule has 1 unspecified atom stereocenters. The van der Waals surface area contributed by atoms with Crippen LogP contribution in [0.25, 0.3) is 11.0 Å². The Hall–Kier alpha value is -2.87. The summed E-state index contributed by atoms with van der Waals surface area (Å²) < 4.78 is -1.04. The standard InChI is InChI=1S/C27H26Cl2N6O/c28-27(29)15-26(27,17-7-2-1-3-8-17)21-19-22(34-33-21)31-24(32-23(19)36)35-12-10-25(11-13-35)14-16-6-4-5-9-18(16)20(25)30/h1-9,20H,10-15,30H2,(H2,31,32,33,34,36)/t20-,26?/m1/s1. The van der Waals surface area contributed by atoms with Gasteiger partial charge in [-0.25, -0.2) is 0 Å². The monoisotopic (exact) mass is 520 g/mol. The summed E-state index contributed by atoms with van der Waals surface area (Å²) in [4.78, 5) is 23.3. The molecule has 1 aliphatic heterocycles. The second-order valence-corrected chi connectivity index (χ2v) is 12.0. The summed E-state index contributed by atoms with van der Waals surface area (Å²) in [6.07, 6.45) is 3.37. The Labute approximate surface area is 218 Å². The van der Waals surface area contributed by atoms with Crippen molar-refractivity contribution in [1.29, 1.82) is 0 Å². The van der Waals surface area contributed by atoms with Crippen molar-refractivity contribution < 1.29 is 0 Å². The van der Waals surface area contributed by atoms with Gasteiger partial charge in [0.1, 0.15) is 9.72 Å². The van der Waals surface area contributed by atoms with Gasteiger partial charge in [0.2, 0.25) is 5.95 Å². The molecule has 0 bridgehead atoms. The molecule has 2 fully saturated rings. The van der Waals surface area contributed by atoms with E-state index in [9.17, 15) is 4.79 Å². The number of aromatic amines is 2. The largest absolute Gasteiger partial charge is 0.342 e. The highest BCUT2D eigenvalue weighted by Gasteiger charge is 2.70. The number of anilines is 1. The highest BCUT2D eigenvalue weighted by molar-refractivity contribution is 6.52. The van der Waals surface area contributed by atoms with Crippen molar-refractivity contribution in [2.45, 2.75) is 41.5 Å². The van der Waals surface area contributed by atoms with Gasteiger partial charge < -0.3 is 10.6 Å². The number of fused-ring (bicyclic) bond motifs is 2. The van der Waals surface area contributed by atoms with E-state index < -0.39 is 9.75 Å². The number of hydrogen-bond acceptors (Lipinski definition) is 5. The summed E-state index contributed by atoms with van der Waals surface area (Å²) in [5, 5.41) is 7.92. The molecule has 0 amide bonds. The number of aromatic nitrogens is 4. The third-order valence-electron chi connectivity index (χ3n) is 8.73. The van der Waals surface area contributed by atoms with Gasteiger partial charge >= 0.3 is 0 Å². The predicted molar refractivity (Wildman–Crippen MR) is 142 cm³/mol. The number of nitrogens with zero attached hydrogens (tertiary/aromatic N) is 3. The Balaban J connectivity index is 1.20. The van der Waals surface area contributed by atoms with Gasteiger partial charge in [0.25, 0.3) is 5.56 Å². The smallest absolute Gasteiger partial charge is 0.263 e. The molecule has 36 heavy (non-hydrogen) atoms. The van der Waals surface area contributed by atoms with Crippen LogP contribution in [0.15, 0.2) is 59.4 Å². The van der Waals surface area contributed by atoms with Crippen LogP contribution >= 0.6 is 23.2 Å². The fraction of sp³-hybridized carbons (Fsp3) is 0.370. The molecule has 9 heteroatoms. The second-order valence-electron chi connectivity index (χ2n) is 10.5. The van der Waals surface area contributed by atoms with E-state index in [-0.39, 0.29) is 17.0 Å². The first-order chi connectivity index (χ1) is 17.3. The molecule has 184 valence electrons. The maximum absolute atomic E-state index is 13.4. The van der Waals surface area contributed by atoms with Gasteiger partial charge in [0.05, 0.1) is 11.1 Å². The minimum Gasteiger partial charge on any atom is -0.342 e. The second kappa shape index (κ2) is 7.57. The molecule has 7 nitrogen and oxygen atoms in total. The van der Waals surface area contributed by atoms with Crippen molar-refractivity contribution in [3.63, 3.8) is 0 Å². The number of hydrogen-bond donors (Lipinski definition) is 3. The van der Waals surface area contributed by atoms with E-state index in [1.165, 1.54) is 11.1 Å². The average molecular weight is 521 g/mol. The van der Waals surface area contributed by atoms with Gasteiger partial charge in [-0.15, -0.1) is 23.2 Å². The minimum atomic E-state index is -1.04. The summed E-state index contributed by atoms with van der Waals surface area (Å²) >= 11 is 13.3. The summed E-state index contributed by atoms with van der Waals surface area (Å²) in [7, 11) is 0. The van der Waals surface area contributed by atoms with E-state index in [1.54, 1.807) is 0 Å². The summed E-state index contributed by atoms with van der Waals surface area (Å²) in [5.41, 5.74) is 10.3. The van der Waals surface area contributed by atoms with Crippen LogP contribution in [0.5, 0.6) is 0 Å². The van der Waals surface area contributed by atoms with E-state index in [0.717, 1.165) is 37.9 Å². The van der Waals surface area contributed by atoms with Crippen molar-refractivity contribution in [3.8, 4) is 0 Å². The molecule has 3 heterocycles. The molecule has 2 aliphatic carbocycles. The van der Waals surface area contributed by atoms with Gasteiger partial charge in [0.15, 0.2) is 5.65 Å². The van der Waals surface area contributed by atoms with Crippen LogP contribution in [0.3, 0.4) is 0 Å². The van der Waals surface area contributed by atoms with E-state index in [0.29, 0.717) is 29.1 Å². The highest BCUT2D eigenvalue weighted by atomic mass is 35.5. The highest BCUT2D eigenvalue weighted by Crippen LogP contribution is 2.68. The van der Waals surface area contributed by atoms with Gasteiger partial charge in [-0.3, -0.25) is 14.9 Å². The van der Waals surface area contributed by atoms with Crippen molar-refractivity contribution in [3.05, 3.63) is 87.3 Å². The molecular formula is C27H26Cl2N6O. The zero-order valence-corrected chi connectivity index (χ0v) is 21.1. The average Bonchev–Trinajstić information content (AvgIpc) is 3.15. The first-order valence-electron chi connectivity index (χ1n) is 12.4. The molecule has 1 spiro atoms. The third-order valence-corrected chi connectivity index (χ3v) is 9.64. The third kappa shape index (κ3) is 3.00. The molecular weight excluding hydrogens is 495 g/mol. The number of H-pyrrole nitrogens is 2. The van der Waals surface area contributed by atoms with Gasteiger partial charge in [-0.1, -0.05) is 54.6 Å². The lowest BCUT2D eigenvalue weighted by Crippen LogP contribution is -2.45. The topological polar surface area (TPSA) is 104 Å². The summed E-state index contributed by atoms with van der Waals surface area (Å²) in [6.45, 7) is 1.55. The first kappa shape index (κ1) is 22.3. The number of benzene rings is 2. The predicted octanol–water partition coefficient (Wildman–Crippen LogP) is 4.35. The molecule has 1 saturated carbocycles. The lowest BCUT2D eigenvalue weighted by molar-refractivity contribution is 0.187. The lowest BCUT2D eigenvalue weighted by atomic mass is 9.73.